The summed E-state index contributed by atoms with van der Waals surface area (Å²) in [4.78, 5) is 18.0. The van der Waals surface area contributed by atoms with E-state index in [1.54, 1.807) is 24.3 Å². The van der Waals surface area contributed by atoms with E-state index >= 15 is 0 Å². The molecule has 1 aromatic heterocycles. The van der Waals surface area contributed by atoms with Gasteiger partial charge < -0.3 is 24.5 Å². The Morgan fingerprint density at radius 1 is 1.03 bits per heavy atom. The van der Waals surface area contributed by atoms with E-state index < -0.39 is 5.56 Å². The summed E-state index contributed by atoms with van der Waals surface area (Å²) in [5.74, 6) is 0.395. The van der Waals surface area contributed by atoms with Crippen molar-refractivity contribution in [1.82, 2.24) is 4.98 Å². The maximum Gasteiger partial charge on any atom is 0.260 e. The first-order valence-electron chi connectivity index (χ1n) is 10.7. The van der Waals surface area contributed by atoms with Gasteiger partial charge in [0.2, 0.25) is 0 Å². The molecule has 33 heavy (non-hydrogen) atoms. The molecule has 1 fully saturated rings. The minimum absolute atomic E-state index is 0.110. The summed E-state index contributed by atoms with van der Waals surface area (Å²) in [6.07, 6.45) is 0. The Morgan fingerprint density at radius 3 is 2.48 bits per heavy atom. The van der Waals surface area contributed by atoms with Crippen LogP contribution < -0.4 is 15.2 Å². The second kappa shape index (κ2) is 8.81. The highest BCUT2D eigenvalue weighted by Crippen LogP contribution is 2.40. The lowest BCUT2D eigenvalue weighted by molar-refractivity contribution is 0.122. The van der Waals surface area contributed by atoms with Crippen molar-refractivity contribution in [1.29, 1.82) is 0 Å². The third-order valence-corrected chi connectivity index (χ3v) is 6.32. The Balaban J connectivity index is 1.61. The number of rotatable bonds is 4. The lowest BCUT2D eigenvalue weighted by Gasteiger charge is -2.29. The summed E-state index contributed by atoms with van der Waals surface area (Å²) in [5, 5.41) is 12.1. The number of H-pyrrole nitrogens is 1. The molecule has 0 spiro atoms. The summed E-state index contributed by atoms with van der Waals surface area (Å²) in [5.41, 5.74) is 3.56. The zero-order valence-corrected chi connectivity index (χ0v) is 18.9. The molecule has 1 aliphatic heterocycles. The van der Waals surface area contributed by atoms with Crippen molar-refractivity contribution in [3.8, 4) is 33.8 Å². The van der Waals surface area contributed by atoms with Gasteiger partial charge in [-0.15, -0.1) is 0 Å². The normalized spacial score (nSPS) is 13.9. The highest BCUT2D eigenvalue weighted by molar-refractivity contribution is 6.34. The minimum Gasteiger partial charge on any atom is -0.506 e. The summed E-state index contributed by atoms with van der Waals surface area (Å²) >= 11 is 6.58. The van der Waals surface area contributed by atoms with Crippen molar-refractivity contribution in [2.45, 2.75) is 0 Å². The van der Waals surface area contributed by atoms with Crippen LogP contribution in [0.4, 0.5) is 5.69 Å². The first kappa shape index (κ1) is 21.4. The number of hydrogen-bond donors (Lipinski definition) is 2. The number of para-hydroxylation sites is 1. The van der Waals surface area contributed by atoms with E-state index in [0.29, 0.717) is 27.2 Å². The molecular formula is C26H23ClN2O4. The van der Waals surface area contributed by atoms with Crippen LogP contribution in [0.25, 0.3) is 33.2 Å². The van der Waals surface area contributed by atoms with Gasteiger partial charge in [0, 0.05) is 35.3 Å². The predicted molar refractivity (Wildman–Crippen MR) is 132 cm³/mol. The quantitative estimate of drug-likeness (QED) is 0.443. The molecule has 7 heteroatoms. The second-order valence-corrected chi connectivity index (χ2v) is 8.31. The van der Waals surface area contributed by atoms with Crippen molar-refractivity contribution in [3.05, 3.63) is 76.0 Å². The van der Waals surface area contributed by atoms with Crippen LogP contribution in [0.1, 0.15) is 0 Å². The topological polar surface area (TPSA) is 74.8 Å². The first-order valence-corrected chi connectivity index (χ1v) is 11.1. The highest BCUT2D eigenvalue weighted by Gasteiger charge is 2.19. The van der Waals surface area contributed by atoms with E-state index in [1.165, 1.54) is 7.11 Å². The van der Waals surface area contributed by atoms with E-state index in [4.69, 9.17) is 21.1 Å². The van der Waals surface area contributed by atoms with Gasteiger partial charge in [0.1, 0.15) is 11.5 Å². The Morgan fingerprint density at radius 2 is 1.76 bits per heavy atom. The molecule has 2 heterocycles. The maximum atomic E-state index is 12.8. The van der Waals surface area contributed by atoms with Crippen LogP contribution in [-0.2, 0) is 4.74 Å². The average Bonchev–Trinajstić information content (AvgIpc) is 2.85. The van der Waals surface area contributed by atoms with Crippen molar-refractivity contribution in [2.24, 2.45) is 0 Å². The van der Waals surface area contributed by atoms with Gasteiger partial charge >= 0.3 is 0 Å². The maximum absolute atomic E-state index is 12.8. The van der Waals surface area contributed by atoms with Gasteiger partial charge in [0.25, 0.3) is 5.56 Å². The standard InChI is InChI=1S/C26H23ClN2O4/c1-32-23-5-3-2-4-18(23)24-25(30)20-14-19(21(27)15-22(20)28-26(24)31)16-6-8-17(9-7-16)29-10-12-33-13-11-29/h2-9,14-15H,10-13H2,1H3,(H2,28,30,31). The summed E-state index contributed by atoms with van der Waals surface area (Å²) in [7, 11) is 1.53. The number of nitrogens with one attached hydrogen (secondary N) is 1. The third kappa shape index (κ3) is 3.92. The van der Waals surface area contributed by atoms with Crippen LogP contribution in [0.5, 0.6) is 11.5 Å². The van der Waals surface area contributed by atoms with Gasteiger partial charge in [-0.05, 0) is 35.9 Å². The molecule has 0 bridgehead atoms. The zero-order chi connectivity index (χ0) is 22.9. The number of methoxy groups -OCH3 is 1. The Hall–Kier alpha value is -3.48. The van der Waals surface area contributed by atoms with E-state index in [-0.39, 0.29) is 11.3 Å². The number of nitrogens with zero attached hydrogens (tertiary/aromatic N) is 1. The third-order valence-electron chi connectivity index (χ3n) is 6.01. The number of pyridine rings is 1. The van der Waals surface area contributed by atoms with Crippen LogP contribution in [0.2, 0.25) is 5.02 Å². The van der Waals surface area contributed by atoms with E-state index in [9.17, 15) is 9.90 Å². The minimum atomic E-state index is -0.414. The van der Waals surface area contributed by atoms with Crippen LogP contribution in [0.3, 0.4) is 0 Å². The molecule has 168 valence electrons. The monoisotopic (exact) mass is 462 g/mol. The summed E-state index contributed by atoms with van der Waals surface area (Å²) < 4.78 is 10.8. The van der Waals surface area contributed by atoms with Crippen molar-refractivity contribution >= 4 is 28.2 Å². The largest absolute Gasteiger partial charge is 0.506 e. The van der Waals surface area contributed by atoms with Crippen LogP contribution in [0, 0.1) is 0 Å². The second-order valence-electron chi connectivity index (χ2n) is 7.90. The molecule has 3 aromatic carbocycles. The smallest absolute Gasteiger partial charge is 0.260 e. The van der Waals surface area contributed by atoms with Gasteiger partial charge in [0.05, 0.1) is 36.4 Å². The SMILES string of the molecule is COc1ccccc1-c1c(O)c2cc(-c3ccc(N4CCOCC4)cc3)c(Cl)cc2[nH]c1=O. The fraction of sp³-hybridized carbons (Fsp3) is 0.192. The van der Waals surface area contributed by atoms with Crippen LogP contribution >= 0.6 is 11.6 Å². The first-order chi connectivity index (χ1) is 16.1. The molecule has 0 saturated carbocycles. The molecule has 5 rings (SSSR count). The number of aromatic hydroxyl groups is 1. The Labute approximate surface area is 196 Å². The molecule has 0 atom stereocenters. The molecule has 4 aromatic rings. The number of morpholine rings is 1. The van der Waals surface area contributed by atoms with E-state index in [1.807, 2.05) is 24.3 Å². The number of fused-ring (bicyclic) bond motifs is 1. The molecule has 0 aliphatic carbocycles. The van der Waals surface area contributed by atoms with Crippen molar-refractivity contribution < 1.29 is 14.6 Å². The highest BCUT2D eigenvalue weighted by atomic mass is 35.5. The fourth-order valence-electron chi connectivity index (χ4n) is 4.30. The van der Waals surface area contributed by atoms with Crippen molar-refractivity contribution in [3.63, 3.8) is 0 Å². The molecule has 1 saturated heterocycles. The van der Waals surface area contributed by atoms with Crippen LogP contribution in [-0.4, -0.2) is 43.5 Å². The Kier molecular flexibility index (Phi) is 5.70. The number of aromatic amines is 1. The lowest BCUT2D eigenvalue weighted by Crippen LogP contribution is -2.36. The van der Waals surface area contributed by atoms with Crippen LogP contribution in [0.15, 0.2) is 65.5 Å². The molecule has 2 N–H and O–H groups in total. The summed E-state index contributed by atoms with van der Waals surface area (Å²) in [6, 6.07) is 18.8. The number of aromatic nitrogens is 1. The fourth-order valence-corrected chi connectivity index (χ4v) is 4.57. The van der Waals surface area contributed by atoms with E-state index in [0.717, 1.165) is 43.1 Å². The lowest BCUT2D eigenvalue weighted by atomic mass is 9.98. The van der Waals surface area contributed by atoms with E-state index in [2.05, 4.69) is 22.0 Å². The average molecular weight is 463 g/mol. The molecular weight excluding hydrogens is 440 g/mol. The van der Waals surface area contributed by atoms with Crippen molar-refractivity contribution in [2.75, 3.05) is 38.3 Å². The Bertz CT molecular complexity index is 1380. The van der Waals surface area contributed by atoms with Gasteiger partial charge in [-0.1, -0.05) is 41.9 Å². The summed E-state index contributed by atoms with van der Waals surface area (Å²) in [6.45, 7) is 3.18. The molecule has 1 aliphatic rings. The number of benzene rings is 3. The predicted octanol–water partition coefficient (Wildman–Crippen LogP) is 5.07. The van der Waals surface area contributed by atoms with Gasteiger partial charge in [-0.2, -0.15) is 0 Å². The van der Waals surface area contributed by atoms with Gasteiger partial charge in [-0.3, -0.25) is 4.79 Å². The number of anilines is 1. The number of hydrogen-bond acceptors (Lipinski definition) is 5. The number of halogens is 1. The molecule has 6 nitrogen and oxygen atoms in total. The molecule has 0 amide bonds. The van der Waals surface area contributed by atoms with Gasteiger partial charge in [-0.25, -0.2) is 0 Å². The molecule has 0 radical (unpaired) electrons. The zero-order valence-electron chi connectivity index (χ0n) is 18.1. The van der Waals surface area contributed by atoms with Gasteiger partial charge in [0.15, 0.2) is 0 Å². The number of ether oxygens (including phenoxy) is 2. The molecule has 0 unspecified atom stereocenters.